The molecular weight excluding hydrogens is 352 g/mol. The topological polar surface area (TPSA) is 114 Å². The summed E-state index contributed by atoms with van der Waals surface area (Å²) in [5.74, 6) is 0.830. The summed E-state index contributed by atoms with van der Waals surface area (Å²) in [7, 11) is 0. The van der Waals surface area contributed by atoms with Crippen LogP contribution in [0.1, 0.15) is 27.7 Å². The number of carbonyl (C=O) groups is 1. The van der Waals surface area contributed by atoms with E-state index in [1.807, 2.05) is 0 Å². The first-order chi connectivity index (χ1) is 12.6. The number of piperidine rings is 2. The molecule has 0 unspecified atom stereocenters. The molecule has 0 aromatic carbocycles. The van der Waals surface area contributed by atoms with Crippen molar-refractivity contribution < 1.29 is 30.0 Å². The number of ketones is 1. The van der Waals surface area contributed by atoms with E-state index in [2.05, 4.69) is 37.5 Å². The quantitative estimate of drug-likeness (QED) is 0.414. The molecule has 4 bridgehead atoms. The van der Waals surface area contributed by atoms with Crippen molar-refractivity contribution in [1.29, 1.82) is 0 Å². The Balaban J connectivity index is 1.75. The molecule has 27 heavy (non-hydrogen) atoms. The van der Waals surface area contributed by atoms with E-state index in [0.717, 1.165) is 0 Å². The van der Waals surface area contributed by atoms with Crippen LogP contribution >= 0.6 is 0 Å². The SMILES string of the molecule is CC(C)C12CN3CC(C(C)C)(CN(C1)C3OC[C@H](O)[C@H](O)[C@H](O)CO)C2=O. The van der Waals surface area contributed by atoms with Gasteiger partial charge in [-0.15, -0.1) is 0 Å². The van der Waals surface area contributed by atoms with Crippen LogP contribution in [0.4, 0.5) is 0 Å². The molecule has 0 aromatic heterocycles. The maximum atomic E-state index is 13.5. The molecule has 4 rings (SSSR count). The molecule has 8 nitrogen and oxygen atoms in total. The number of Topliss-reactive ketones (excluding diaryl/α,β-unsaturated/α-hetero) is 1. The van der Waals surface area contributed by atoms with Gasteiger partial charge in [0.15, 0.2) is 12.1 Å². The van der Waals surface area contributed by atoms with Crippen molar-refractivity contribution >= 4 is 5.78 Å². The lowest BCUT2D eigenvalue weighted by Gasteiger charge is -2.67. The summed E-state index contributed by atoms with van der Waals surface area (Å²) < 4.78 is 5.92. The molecule has 0 aromatic rings. The summed E-state index contributed by atoms with van der Waals surface area (Å²) in [4.78, 5) is 17.8. The van der Waals surface area contributed by atoms with E-state index >= 15 is 0 Å². The zero-order chi connectivity index (χ0) is 20.1. The molecule has 3 atom stereocenters. The van der Waals surface area contributed by atoms with Crippen LogP contribution in [-0.4, -0.2) is 100 Å². The van der Waals surface area contributed by atoms with Crippen LogP contribution in [0.25, 0.3) is 0 Å². The fourth-order valence-corrected chi connectivity index (χ4v) is 5.10. The first-order valence-electron chi connectivity index (χ1n) is 9.88. The van der Waals surface area contributed by atoms with E-state index in [1.54, 1.807) is 0 Å². The van der Waals surface area contributed by atoms with Gasteiger partial charge in [-0.25, -0.2) is 0 Å². The monoisotopic (exact) mass is 386 g/mol. The van der Waals surface area contributed by atoms with Gasteiger partial charge in [0.25, 0.3) is 0 Å². The van der Waals surface area contributed by atoms with Crippen LogP contribution in [0.5, 0.6) is 0 Å². The molecule has 4 saturated heterocycles. The molecule has 4 aliphatic rings. The van der Waals surface area contributed by atoms with Crippen molar-refractivity contribution in [2.24, 2.45) is 22.7 Å². The largest absolute Gasteiger partial charge is 0.394 e. The predicted octanol–water partition coefficient (Wildman–Crippen LogP) is -1.14. The fourth-order valence-electron chi connectivity index (χ4n) is 5.10. The van der Waals surface area contributed by atoms with Gasteiger partial charge < -0.3 is 25.2 Å². The van der Waals surface area contributed by atoms with Crippen molar-refractivity contribution in [3.05, 3.63) is 0 Å². The Bertz CT molecular complexity index is 522. The van der Waals surface area contributed by atoms with E-state index in [-0.39, 0.29) is 24.8 Å². The second-order valence-electron chi connectivity index (χ2n) is 9.23. The molecule has 4 N–H and O–H groups in total. The maximum Gasteiger partial charge on any atom is 0.168 e. The van der Waals surface area contributed by atoms with Gasteiger partial charge in [-0.1, -0.05) is 27.7 Å². The minimum atomic E-state index is -1.47. The standard InChI is InChI=1S/C19H34N2O6/c1-11(2)18-7-20-9-19(12(3)4,16(18)26)10-21(8-18)17(20)27-6-14(24)15(25)13(23)5-22/h11-15,17,22-25H,5-10H2,1-4H3/t13-,14+,15-,17?,18?,19?/m1/s1. The van der Waals surface area contributed by atoms with Gasteiger partial charge in [-0.05, 0) is 11.8 Å². The number of carbonyl (C=O) groups excluding carboxylic acids is 1. The molecule has 0 saturated carbocycles. The van der Waals surface area contributed by atoms with Crippen LogP contribution in [0.3, 0.4) is 0 Å². The number of aliphatic hydroxyl groups excluding tert-OH is 4. The molecule has 4 heterocycles. The van der Waals surface area contributed by atoms with Crippen molar-refractivity contribution in [1.82, 2.24) is 9.80 Å². The molecule has 8 heteroatoms. The first-order valence-corrected chi connectivity index (χ1v) is 9.88. The van der Waals surface area contributed by atoms with Crippen LogP contribution < -0.4 is 0 Å². The third-order valence-electron chi connectivity index (χ3n) is 7.07. The molecule has 156 valence electrons. The molecule has 4 fully saturated rings. The van der Waals surface area contributed by atoms with E-state index in [4.69, 9.17) is 9.84 Å². The van der Waals surface area contributed by atoms with E-state index in [9.17, 15) is 20.1 Å². The summed E-state index contributed by atoms with van der Waals surface area (Å²) in [6.45, 7) is 10.2. The highest BCUT2D eigenvalue weighted by Gasteiger charge is 2.67. The van der Waals surface area contributed by atoms with Gasteiger partial charge >= 0.3 is 0 Å². The summed E-state index contributed by atoms with van der Waals surface area (Å²) in [6, 6.07) is 0. The highest BCUT2D eigenvalue weighted by molar-refractivity contribution is 5.94. The number of hydrogen-bond donors (Lipinski definition) is 4. The number of aliphatic hydroxyl groups is 4. The van der Waals surface area contributed by atoms with Crippen LogP contribution in [0.2, 0.25) is 0 Å². The van der Waals surface area contributed by atoms with Gasteiger partial charge in [0.05, 0.1) is 24.0 Å². The summed E-state index contributed by atoms with van der Waals surface area (Å²) in [5, 5.41) is 38.3. The molecule has 0 radical (unpaired) electrons. The fraction of sp³-hybridized carbons (Fsp3) is 0.947. The Kier molecular flexibility index (Phi) is 5.73. The van der Waals surface area contributed by atoms with Gasteiger partial charge in [0, 0.05) is 26.2 Å². The highest BCUT2D eigenvalue weighted by atomic mass is 16.5. The van der Waals surface area contributed by atoms with Gasteiger partial charge in [0.1, 0.15) is 18.3 Å². The Morgan fingerprint density at radius 2 is 1.41 bits per heavy atom. The molecule has 0 spiro atoms. The number of rotatable bonds is 8. The maximum absolute atomic E-state index is 13.5. The zero-order valence-electron chi connectivity index (χ0n) is 16.7. The smallest absolute Gasteiger partial charge is 0.168 e. The summed E-state index contributed by atoms with van der Waals surface area (Å²) >= 11 is 0. The normalized spacial score (nSPS) is 41.4. The number of nitrogens with zero attached hydrogens (tertiary/aromatic N) is 2. The minimum absolute atomic E-state index is 0.160. The zero-order valence-corrected chi connectivity index (χ0v) is 16.7. The molecular formula is C19H34N2O6. The summed E-state index contributed by atoms with van der Waals surface area (Å²) in [6.07, 6.45) is -4.53. The van der Waals surface area contributed by atoms with Gasteiger partial charge in [-0.3, -0.25) is 14.6 Å². The van der Waals surface area contributed by atoms with E-state index in [1.165, 1.54) is 0 Å². The van der Waals surface area contributed by atoms with E-state index < -0.39 is 35.7 Å². The van der Waals surface area contributed by atoms with Crippen LogP contribution in [0.15, 0.2) is 0 Å². The molecule has 0 aliphatic carbocycles. The third-order valence-corrected chi connectivity index (χ3v) is 7.07. The molecule has 0 amide bonds. The van der Waals surface area contributed by atoms with Crippen molar-refractivity contribution in [3.63, 3.8) is 0 Å². The van der Waals surface area contributed by atoms with Crippen LogP contribution in [-0.2, 0) is 9.53 Å². The lowest BCUT2D eigenvalue weighted by molar-refractivity contribution is -0.282. The minimum Gasteiger partial charge on any atom is -0.394 e. The van der Waals surface area contributed by atoms with Crippen molar-refractivity contribution in [3.8, 4) is 0 Å². The average molecular weight is 386 g/mol. The van der Waals surface area contributed by atoms with Crippen molar-refractivity contribution in [2.45, 2.75) is 52.4 Å². The highest BCUT2D eigenvalue weighted by Crippen LogP contribution is 2.54. The lowest BCUT2D eigenvalue weighted by atomic mass is 9.54. The lowest BCUT2D eigenvalue weighted by Crippen LogP contribution is -2.81. The summed E-state index contributed by atoms with van der Waals surface area (Å²) in [5.41, 5.74) is -0.794. The Hall–Kier alpha value is -0.610. The Morgan fingerprint density at radius 3 is 1.78 bits per heavy atom. The second-order valence-corrected chi connectivity index (χ2v) is 9.23. The Morgan fingerprint density at radius 1 is 0.963 bits per heavy atom. The molecule has 4 aliphatic heterocycles. The average Bonchev–Trinajstić information content (AvgIpc) is 2.61. The number of ether oxygens (including phenoxy) is 1. The first kappa shape index (κ1) is 21.1. The van der Waals surface area contributed by atoms with Crippen LogP contribution in [0, 0.1) is 22.7 Å². The predicted molar refractivity (Wildman–Crippen MR) is 97.5 cm³/mol. The van der Waals surface area contributed by atoms with E-state index in [0.29, 0.717) is 32.0 Å². The third kappa shape index (κ3) is 3.15. The second kappa shape index (κ2) is 7.33. The van der Waals surface area contributed by atoms with Gasteiger partial charge in [-0.2, -0.15) is 0 Å². The number of hydrogen-bond acceptors (Lipinski definition) is 8. The van der Waals surface area contributed by atoms with Crippen molar-refractivity contribution in [2.75, 3.05) is 39.4 Å². The van der Waals surface area contributed by atoms with Gasteiger partial charge in [0.2, 0.25) is 0 Å². The Labute approximate surface area is 160 Å².